The number of oxazole rings is 1. The summed E-state index contributed by atoms with van der Waals surface area (Å²) in [6.45, 7) is 0. The molecule has 0 aliphatic heterocycles. The van der Waals surface area contributed by atoms with Gasteiger partial charge in [-0.3, -0.25) is 10.1 Å². The monoisotopic (exact) mass is 459 g/mol. The maximum absolute atomic E-state index is 12.1. The molecule has 7 nitrogen and oxygen atoms in total. The summed E-state index contributed by atoms with van der Waals surface area (Å²) < 4.78 is 16.2. The molecule has 166 valence electrons. The zero-order valence-corrected chi connectivity index (χ0v) is 18.8. The Morgan fingerprint density at radius 3 is 2.36 bits per heavy atom. The van der Waals surface area contributed by atoms with Gasteiger partial charge in [0.2, 0.25) is 11.8 Å². The number of thiocarbonyl (C=S) groups is 1. The number of fused-ring (bicyclic) bond motifs is 1. The van der Waals surface area contributed by atoms with Gasteiger partial charge in [-0.1, -0.05) is 12.1 Å². The van der Waals surface area contributed by atoms with E-state index in [4.69, 9.17) is 26.1 Å². The second-order valence-electron chi connectivity index (χ2n) is 6.98. The number of carbonyl (C=O) groups is 1. The minimum Gasteiger partial charge on any atom is -0.497 e. The molecule has 2 N–H and O–H groups in total. The van der Waals surface area contributed by atoms with Gasteiger partial charge in [0.25, 0.3) is 0 Å². The van der Waals surface area contributed by atoms with Gasteiger partial charge in [-0.25, -0.2) is 4.98 Å². The number of methoxy groups -OCH3 is 2. The molecule has 0 saturated carbocycles. The molecule has 0 radical (unpaired) electrons. The summed E-state index contributed by atoms with van der Waals surface area (Å²) in [7, 11) is 3.21. The first kappa shape index (κ1) is 22.0. The van der Waals surface area contributed by atoms with Crippen molar-refractivity contribution in [2.75, 3.05) is 19.5 Å². The van der Waals surface area contributed by atoms with Crippen LogP contribution in [-0.2, 0) is 4.79 Å². The number of hydrogen-bond donors (Lipinski definition) is 2. The highest BCUT2D eigenvalue weighted by atomic mass is 32.1. The van der Waals surface area contributed by atoms with Crippen LogP contribution < -0.4 is 20.1 Å². The maximum atomic E-state index is 12.1. The maximum Gasteiger partial charge on any atom is 0.250 e. The van der Waals surface area contributed by atoms with Crippen LogP contribution in [0, 0.1) is 0 Å². The fourth-order valence-electron chi connectivity index (χ4n) is 3.06. The third-order valence-electron chi connectivity index (χ3n) is 4.76. The summed E-state index contributed by atoms with van der Waals surface area (Å²) in [5.41, 5.74) is 3.81. The Bertz CT molecular complexity index is 1310. The van der Waals surface area contributed by atoms with Crippen LogP contribution in [0.4, 0.5) is 5.69 Å². The van der Waals surface area contributed by atoms with E-state index in [0.29, 0.717) is 11.5 Å². The van der Waals surface area contributed by atoms with Crippen molar-refractivity contribution in [1.82, 2.24) is 10.3 Å². The quantitative estimate of drug-likeness (QED) is 0.309. The van der Waals surface area contributed by atoms with Gasteiger partial charge in [0, 0.05) is 23.4 Å². The lowest BCUT2D eigenvalue weighted by Gasteiger charge is -2.08. The van der Waals surface area contributed by atoms with E-state index in [1.165, 1.54) is 6.08 Å². The molecule has 0 fully saturated rings. The molecule has 0 saturated heterocycles. The number of amides is 1. The zero-order valence-electron chi connectivity index (χ0n) is 18.0. The summed E-state index contributed by atoms with van der Waals surface area (Å²) in [5, 5.41) is 5.81. The molecular weight excluding hydrogens is 438 g/mol. The van der Waals surface area contributed by atoms with Crippen LogP contribution in [0.15, 0.2) is 77.2 Å². The first-order chi connectivity index (χ1) is 16.0. The van der Waals surface area contributed by atoms with Gasteiger partial charge in [-0.05, 0) is 72.4 Å². The third kappa shape index (κ3) is 5.55. The van der Waals surface area contributed by atoms with Crippen molar-refractivity contribution in [3.8, 4) is 23.0 Å². The standard InChI is InChI=1S/C25H21N3O4S/c1-30-19-10-3-16(4-11-19)5-14-23(29)28-25(33)26-18-8-6-17(7-9-18)24-27-21-15-20(31-2)12-13-22(21)32-24/h3-15H,1-2H3,(H2,26,28,29,33)/b14-5+. The predicted octanol–water partition coefficient (Wildman–Crippen LogP) is 5.04. The SMILES string of the molecule is COc1ccc(/C=C/C(=O)NC(=S)Nc2ccc(-c3nc4cc(OC)ccc4o3)cc2)cc1. The van der Waals surface area contributed by atoms with Gasteiger partial charge in [-0.15, -0.1) is 0 Å². The third-order valence-corrected chi connectivity index (χ3v) is 4.97. The van der Waals surface area contributed by atoms with Crippen molar-refractivity contribution in [2.45, 2.75) is 0 Å². The van der Waals surface area contributed by atoms with Gasteiger partial charge < -0.3 is 19.2 Å². The highest BCUT2D eigenvalue weighted by Crippen LogP contribution is 2.27. The summed E-state index contributed by atoms with van der Waals surface area (Å²) in [5.74, 6) is 1.65. The fourth-order valence-corrected chi connectivity index (χ4v) is 3.28. The van der Waals surface area contributed by atoms with E-state index in [2.05, 4.69) is 15.6 Å². The van der Waals surface area contributed by atoms with E-state index in [1.54, 1.807) is 20.3 Å². The highest BCUT2D eigenvalue weighted by molar-refractivity contribution is 7.80. The van der Waals surface area contributed by atoms with Gasteiger partial charge in [0.1, 0.15) is 17.0 Å². The van der Waals surface area contributed by atoms with Crippen molar-refractivity contribution in [3.05, 3.63) is 78.4 Å². The smallest absolute Gasteiger partial charge is 0.250 e. The minimum absolute atomic E-state index is 0.195. The van der Waals surface area contributed by atoms with E-state index in [-0.39, 0.29) is 11.0 Å². The Hall–Kier alpha value is -4.17. The van der Waals surface area contributed by atoms with E-state index in [1.807, 2.05) is 66.7 Å². The minimum atomic E-state index is -0.332. The Morgan fingerprint density at radius 2 is 1.67 bits per heavy atom. The van der Waals surface area contributed by atoms with E-state index in [9.17, 15) is 4.79 Å². The Morgan fingerprint density at radius 1 is 0.970 bits per heavy atom. The number of benzene rings is 3. The second kappa shape index (κ2) is 9.97. The van der Waals surface area contributed by atoms with Crippen LogP contribution in [0.2, 0.25) is 0 Å². The van der Waals surface area contributed by atoms with Crippen LogP contribution in [0.25, 0.3) is 28.6 Å². The molecule has 4 rings (SSSR count). The second-order valence-corrected chi connectivity index (χ2v) is 7.39. The van der Waals surface area contributed by atoms with Gasteiger partial charge in [0.05, 0.1) is 14.2 Å². The van der Waals surface area contributed by atoms with Crippen molar-refractivity contribution in [3.63, 3.8) is 0 Å². The molecule has 0 bridgehead atoms. The molecular formula is C25H21N3O4S. The van der Waals surface area contributed by atoms with E-state index >= 15 is 0 Å². The largest absolute Gasteiger partial charge is 0.497 e. The van der Waals surface area contributed by atoms with E-state index < -0.39 is 0 Å². The molecule has 0 atom stereocenters. The molecule has 0 unspecified atom stereocenters. The van der Waals surface area contributed by atoms with Crippen LogP contribution >= 0.6 is 12.2 Å². The molecule has 4 aromatic rings. The molecule has 1 amide bonds. The van der Waals surface area contributed by atoms with Crippen molar-refractivity contribution < 1.29 is 18.7 Å². The molecule has 33 heavy (non-hydrogen) atoms. The van der Waals surface area contributed by atoms with E-state index in [0.717, 1.165) is 33.8 Å². The number of hydrogen-bond acceptors (Lipinski definition) is 6. The number of nitrogens with one attached hydrogen (secondary N) is 2. The van der Waals surface area contributed by atoms with Crippen molar-refractivity contribution in [2.24, 2.45) is 0 Å². The molecule has 3 aromatic carbocycles. The highest BCUT2D eigenvalue weighted by Gasteiger charge is 2.10. The molecule has 1 heterocycles. The van der Waals surface area contributed by atoms with Gasteiger partial charge in [-0.2, -0.15) is 0 Å². The first-order valence-corrected chi connectivity index (χ1v) is 10.4. The fraction of sp³-hybridized carbons (Fsp3) is 0.0800. The molecule has 0 aliphatic rings. The number of carbonyl (C=O) groups excluding carboxylic acids is 1. The number of ether oxygens (including phenoxy) is 2. The topological polar surface area (TPSA) is 85.6 Å². The molecule has 0 spiro atoms. The van der Waals surface area contributed by atoms with Crippen molar-refractivity contribution in [1.29, 1.82) is 0 Å². The summed E-state index contributed by atoms with van der Waals surface area (Å²) in [4.78, 5) is 16.6. The summed E-state index contributed by atoms with van der Waals surface area (Å²) >= 11 is 5.23. The van der Waals surface area contributed by atoms with Crippen molar-refractivity contribution >= 4 is 46.1 Å². The normalized spacial score (nSPS) is 10.8. The summed E-state index contributed by atoms with van der Waals surface area (Å²) in [6, 6.07) is 20.2. The zero-order chi connectivity index (χ0) is 23.2. The van der Waals surface area contributed by atoms with Crippen LogP contribution in [0.1, 0.15) is 5.56 Å². The first-order valence-electron chi connectivity index (χ1n) is 10.0. The molecule has 1 aromatic heterocycles. The van der Waals surface area contributed by atoms with Crippen LogP contribution in [0.3, 0.4) is 0 Å². The molecule has 8 heteroatoms. The Kier molecular flexibility index (Phi) is 6.66. The Balaban J connectivity index is 1.34. The lowest BCUT2D eigenvalue weighted by atomic mass is 10.2. The lowest BCUT2D eigenvalue weighted by molar-refractivity contribution is -0.115. The summed E-state index contributed by atoms with van der Waals surface area (Å²) in [6.07, 6.45) is 3.11. The lowest BCUT2D eigenvalue weighted by Crippen LogP contribution is -2.32. The van der Waals surface area contributed by atoms with Crippen LogP contribution in [0.5, 0.6) is 11.5 Å². The average Bonchev–Trinajstić information content (AvgIpc) is 3.26. The van der Waals surface area contributed by atoms with Gasteiger partial charge in [0.15, 0.2) is 10.7 Å². The van der Waals surface area contributed by atoms with Gasteiger partial charge >= 0.3 is 0 Å². The predicted molar refractivity (Wildman–Crippen MR) is 132 cm³/mol. The number of nitrogens with zero attached hydrogens (tertiary/aromatic N) is 1. The molecule has 0 aliphatic carbocycles. The van der Waals surface area contributed by atoms with Crippen LogP contribution in [-0.4, -0.2) is 30.2 Å². The number of rotatable bonds is 6. The average molecular weight is 460 g/mol. The number of anilines is 1. The Labute approximate surface area is 196 Å². The number of aromatic nitrogens is 1.